The molecule has 0 aromatic heterocycles. The number of carbonyl (C=O) groups is 1. The van der Waals surface area contributed by atoms with Gasteiger partial charge in [-0.25, -0.2) is 0 Å². The normalized spacial score (nSPS) is 8.00. The molecule has 1 aromatic carbocycles. The Morgan fingerprint density at radius 2 is 1.70 bits per heavy atom. The second kappa shape index (κ2) is 4.09. The van der Waals surface area contributed by atoms with Crippen LogP contribution in [0.15, 0.2) is 30.3 Å². The van der Waals surface area contributed by atoms with Gasteiger partial charge in [-0.05, 0) is 12.1 Å². The smallest absolute Gasteiger partial charge is 0.248 e. The zero-order valence-corrected chi connectivity index (χ0v) is 6.43. The van der Waals surface area contributed by atoms with Crippen molar-refractivity contribution in [3.8, 4) is 0 Å². The molecule has 0 aliphatic heterocycles. The molecule has 0 spiro atoms. The van der Waals surface area contributed by atoms with Crippen molar-refractivity contribution in [1.82, 2.24) is 0 Å². The van der Waals surface area contributed by atoms with Crippen molar-refractivity contribution < 1.29 is 21.9 Å². The number of rotatable bonds is 1. The van der Waals surface area contributed by atoms with Crippen LogP contribution in [0.1, 0.15) is 10.4 Å². The van der Waals surface area contributed by atoms with Crippen LogP contribution in [0.5, 0.6) is 0 Å². The third-order valence-corrected chi connectivity index (χ3v) is 1.06. The van der Waals surface area contributed by atoms with E-state index in [-0.39, 0.29) is 23.0 Å². The van der Waals surface area contributed by atoms with Crippen molar-refractivity contribution in [2.24, 2.45) is 5.73 Å². The molecule has 1 rings (SSSR count). The Kier molecular flexibility index (Phi) is 3.77. The van der Waals surface area contributed by atoms with Crippen LogP contribution >= 0.6 is 0 Å². The van der Waals surface area contributed by atoms with Crippen LogP contribution in [0, 0.1) is 0 Å². The van der Waals surface area contributed by atoms with Gasteiger partial charge in [0.05, 0.1) is 0 Å². The second-order valence-corrected chi connectivity index (χ2v) is 1.73. The molecule has 0 bridgehead atoms. The number of amides is 1. The number of carbonyl (C=O) groups excluding carboxylic acids is 1. The van der Waals surface area contributed by atoms with E-state index in [1.54, 1.807) is 24.3 Å². The van der Waals surface area contributed by atoms with E-state index in [1.807, 2.05) is 6.07 Å². The SMILES string of the molecule is NC(=O)c1ccccc1.[Mn]. The topological polar surface area (TPSA) is 43.1 Å². The maximum atomic E-state index is 10.4. The predicted octanol–water partition coefficient (Wildman–Crippen LogP) is 0.783. The van der Waals surface area contributed by atoms with Gasteiger partial charge in [0.15, 0.2) is 0 Å². The zero-order valence-electron chi connectivity index (χ0n) is 5.25. The minimum Gasteiger partial charge on any atom is -0.366 e. The largest absolute Gasteiger partial charge is 0.366 e. The summed E-state index contributed by atoms with van der Waals surface area (Å²) in [5.74, 6) is -0.379. The van der Waals surface area contributed by atoms with Crippen LogP contribution in [0.25, 0.3) is 0 Å². The van der Waals surface area contributed by atoms with E-state index >= 15 is 0 Å². The van der Waals surface area contributed by atoms with Crippen molar-refractivity contribution in [3.63, 3.8) is 0 Å². The zero-order chi connectivity index (χ0) is 6.69. The summed E-state index contributed by atoms with van der Waals surface area (Å²) in [5.41, 5.74) is 5.53. The average Bonchev–Trinajstić information content (AvgIpc) is 1.90. The molecule has 0 aliphatic carbocycles. The molecular formula is C7H7MnNO. The monoisotopic (exact) mass is 176 g/mol. The fourth-order valence-electron chi connectivity index (χ4n) is 0.602. The number of nitrogens with two attached hydrogens (primary N) is 1. The van der Waals surface area contributed by atoms with Crippen molar-refractivity contribution in [2.75, 3.05) is 0 Å². The van der Waals surface area contributed by atoms with Crippen LogP contribution in [0.2, 0.25) is 0 Å². The summed E-state index contributed by atoms with van der Waals surface area (Å²) in [6, 6.07) is 8.76. The minimum atomic E-state index is -0.379. The van der Waals surface area contributed by atoms with Gasteiger partial charge in [0.1, 0.15) is 0 Å². The summed E-state index contributed by atoms with van der Waals surface area (Å²) in [7, 11) is 0. The molecular weight excluding hydrogens is 169 g/mol. The molecule has 3 heteroatoms. The number of hydrogen-bond donors (Lipinski definition) is 1. The van der Waals surface area contributed by atoms with Crippen molar-refractivity contribution in [1.29, 1.82) is 0 Å². The van der Waals surface area contributed by atoms with E-state index in [0.717, 1.165) is 0 Å². The summed E-state index contributed by atoms with van der Waals surface area (Å²) in [4.78, 5) is 10.4. The molecule has 1 amide bonds. The minimum absolute atomic E-state index is 0. The molecule has 0 fully saturated rings. The molecule has 0 saturated heterocycles. The summed E-state index contributed by atoms with van der Waals surface area (Å²) in [5, 5.41) is 0. The van der Waals surface area contributed by atoms with Gasteiger partial charge < -0.3 is 5.73 Å². The Morgan fingerprint density at radius 3 is 2.00 bits per heavy atom. The van der Waals surface area contributed by atoms with E-state index in [9.17, 15) is 4.79 Å². The first-order chi connectivity index (χ1) is 4.30. The predicted molar refractivity (Wildman–Crippen MR) is 35.0 cm³/mol. The standard InChI is InChI=1S/C7H7NO.Mn/c8-7(9)6-4-2-1-3-5-6;/h1-5H,(H2,8,9);. The first-order valence-electron chi connectivity index (χ1n) is 2.65. The maximum absolute atomic E-state index is 10.4. The molecule has 1 radical (unpaired) electrons. The summed E-state index contributed by atoms with van der Waals surface area (Å²) >= 11 is 0. The molecule has 0 saturated carbocycles. The molecule has 53 valence electrons. The van der Waals surface area contributed by atoms with Gasteiger partial charge in [0, 0.05) is 22.6 Å². The van der Waals surface area contributed by atoms with Gasteiger partial charge in [-0.15, -0.1) is 0 Å². The molecule has 2 nitrogen and oxygen atoms in total. The fourth-order valence-corrected chi connectivity index (χ4v) is 0.602. The van der Waals surface area contributed by atoms with Crippen LogP contribution in [-0.4, -0.2) is 5.91 Å². The molecule has 0 atom stereocenters. The van der Waals surface area contributed by atoms with Gasteiger partial charge >= 0.3 is 0 Å². The summed E-state index contributed by atoms with van der Waals surface area (Å²) in [6.07, 6.45) is 0. The first kappa shape index (κ1) is 9.21. The molecule has 0 aliphatic rings. The van der Waals surface area contributed by atoms with Gasteiger partial charge in [0.25, 0.3) is 0 Å². The molecule has 10 heavy (non-hydrogen) atoms. The van der Waals surface area contributed by atoms with E-state index < -0.39 is 0 Å². The van der Waals surface area contributed by atoms with Crippen LogP contribution in [0.4, 0.5) is 0 Å². The van der Waals surface area contributed by atoms with Gasteiger partial charge in [-0.3, -0.25) is 4.79 Å². The molecule has 0 unspecified atom stereocenters. The van der Waals surface area contributed by atoms with Crippen molar-refractivity contribution in [3.05, 3.63) is 35.9 Å². The number of benzene rings is 1. The summed E-state index contributed by atoms with van der Waals surface area (Å²) < 4.78 is 0. The van der Waals surface area contributed by atoms with E-state index in [2.05, 4.69) is 0 Å². The van der Waals surface area contributed by atoms with Gasteiger partial charge in [-0.2, -0.15) is 0 Å². The van der Waals surface area contributed by atoms with E-state index in [1.165, 1.54) is 0 Å². The third-order valence-electron chi connectivity index (χ3n) is 1.06. The van der Waals surface area contributed by atoms with Gasteiger partial charge in [-0.1, -0.05) is 18.2 Å². The Bertz CT molecular complexity index is 210. The van der Waals surface area contributed by atoms with Crippen LogP contribution in [0.3, 0.4) is 0 Å². The van der Waals surface area contributed by atoms with Gasteiger partial charge in [0.2, 0.25) is 5.91 Å². The van der Waals surface area contributed by atoms with E-state index in [4.69, 9.17) is 5.73 Å². The van der Waals surface area contributed by atoms with E-state index in [0.29, 0.717) is 5.56 Å². The Morgan fingerprint density at radius 1 is 1.20 bits per heavy atom. The number of primary amides is 1. The van der Waals surface area contributed by atoms with Crippen molar-refractivity contribution in [2.45, 2.75) is 0 Å². The second-order valence-electron chi connectivity index (χ2n) is 1.73. The van der Waals surface area contributed by atoms with Crippen LogP contribution in [-0.2, 0) is 17.1 Å². The maximum Gasteiger partial charge on any atom is 0.248 e. The van der Waals surface area contributed by atoms with Crippen LogP contribution < -0.4 is 5.73 Å². The molecule has 2 N–H and O–H groups in total. The summed E-state index contributed by atoms with van der Waals surface area (Å²) in [6.45, 7) is 0. The van der Waals surface area contributed by atoms with Crippen molar-refractivity contribution >= 4 is 5.91 Å². The third kappa shape index (κ3) is 2.21. The first-order valence-corrected chi connectivity index (χ1v) is 2.65. The molecule has 0 heterocycles. The Labute approximate surface area is 69.9 Å². The average molecular weight is 176 g/mol. The number of hydrogen-bond acceptors (Lipinski definition) is 1. The fraction of sp³-hybridized carbons (Fsp3) is 0. The molecule has 1 aromatic rings. The Balaban J connectivity index is 0.000000810. The quantitative estimate of drug-likeness (QED) is 0.631. The Hall–Kier alpha value is -0.791.